The van der Waals surface area contributed by atoms with Crippen LogP contribution in [-0.2, 0) is 0 Å². The standard InChI is InChI=1S/C15H11FN4O/c16-11-4-6-12(7-5-11)18-15(21)13-2-1-3-14(19-13)20-9-8-17-10-20/h1-10H,(H,18,21). The molecule has 5 nitrogen and oxygen atoms in total. The van der Waals surface area contributed by atoms with Gasteiger partial charge in [-0.15, -0.1) is 0 Å². The first-order valence-corrected chi connectivity index (χ1v) is 6.25. The summed E-state index contributed by atoms with van der Waals surface area (Å²) in [5.74, 6) is -0.115. The first-order valence-electron chi connectivity index (χ1n) is 6.25. The topological polar surface area (TPSA) is 59.8 Å². The minimum Gasteiger partial charge on any atom is -0.321 e. The summed E-state index contributed by atoms with van der Waals surface area (Å²) in [6, 6.07) is 10.7. The molecule has 3 aromatic rings. The van der Waals surface area contributed by atoms with Crippen LogP contribution in [0.3, 0.4) is 0 Å². The Morgan fingerprint density at radius 3 is 2.67 bits per heavy atom. The van der Waals surface area contributed by atoms with E-state index in [-0.39, 0.29) is 17.4 Å². The van der Waals surface area contributed by atoms with E-state index in [1.807, 2.05) is 0 Å². The largest absolute Gasteiger partial charge is 0.321 e. The van der Waals surface area contributed by atoms with Crippen LogP contribution in [0.2, 0.25) is 0 Å². The number of nitrogens with one attached hydrogen (secondary N) is 1. The molecule has 1 amide bonds. The number of pyridine rings is 1. The van der Waals surface area contributed by atoms with Crippen LogP contribution in [0.5, 0.6) is 0 Å². The molecule has 1 N–H and O–H groups in total. The molecule has 2 heterocycles. The number of hydrogen-bond donors (Lipinski definition) is 1. The van der Waals surface area contributed by atoms with E-state index in [1.54, 1.807) is 41.5 Å². The zero-order valence-corrected chi connectivity index (χ0v) is 10.9. The Labute approximate surface area is 120 Å². The first-order chi connectivity index (χ1) is 10.2. The number of aromatic nitrogens is 3. The number of carbonyl (C=O) groups is 1. The summed E-state index contributed by atoms with van der Waals surface area (Å²) in [6.45, 7) is 0. The maximum atomic E-state index is 12.8. The van der Waals surface area contributed by atoms with Crippen molar-refractivity contribution >= 4 is 11.6 Å². The number of imidazole rings is 1. The molecule has 1 aromatic carbocycles. The van der Waals surface area contributed by atoms with E-state index in [9.17, 15) is 9.18 Å². The highest BCUT2D eigenvalue weighted by Crippen LogP contribution is 2.11. The van der Waals surface area contributed by atoms with Crippen LogP contribution in [0.1, 0.15) is 10.5 Å². The van der Waals surface area contributed by atoms with Crippen molar-refractivity contribution in [2.24, 2.45) is 0 Å². The second-order valence-corrected chi connectivity index (χ2v) is 4.31. The van der Waals surface area contributed by atoms with E-state index in [2.05, 4.69) is 15.3 Å². The van der Waals surface area contributed by atoms with Gasteiger partial charge >= 0.3 is 0 Å². The molecule has 0 spiro atoms. The molecular formula is C15H11FN4O. The van der Waals surface area contributed by atoms with Crippen molar-refractivity contribution in [2.45, 2.75) is 0 Å². The number of rotatable bonds is 3. The summed E-state index contributed by atoms with van der Waals surface area (Å²) in [5, 5.41) is 2.66. The van der Waals surface area contributed by atoms with Gasteiger partial charge in [0.25, 0.3) is 5.91 Å². The number of benzene rings is 1. The SMILES string of the molecule is O=C(Nc1ccc(F)cc1)c1cccc(-n2ccnc2)n1. The molecule has 0 aliphatic carbocycles. The molecular weight excluding hydrogens is 271 g/mol. The second-order valence-electron chi connectivity index (χ2n) is 4.31. The van der Waals surface area contributed by atoms with Crippen molar-refractivity contribution in [3.63, 3.8) is 0 Å². The highest BCUT2D eigenvalue weighted by atomic mass is 19.1. The molecule has 0 atom stereocenters. The maximum absolute atomic E-state index is 12.8. The van der Waals surface area contributed by atoms with Crippen molar-refractivity contribution in [3.8, 4) is 5.82 Å². The Bertz CT molecular complexity index is 754. The molecule has 0 fully saturated rings. The van der Waals surface area contributed by atoms with Crippen molar-refractivity contribution in [3.05, 3.63) is 72.7 Å². The summed E-state index contributed by atoms with van der Waals surface area (Å²) >= 11 is 0. The Hall–Kier alpha value is -3.02. The van der Waals surface area contributed by atoms with Crippen molar-refractivity contribution in [1.82, 2.24) is 14.5 Å². The lowest BCUT2D eigenvalue weighted by atomic mass is 10.3. The van der Waals surface area contributed by atoms with Crippen LogP contribution >= 0.6 is 0 Å². The van der Waals surface area contributed by atoms with Gasteiger partial charge in [0.1, 0.15) is 23.7 Å². The Kier molecular flexibility index (Phi) is 3.42. The van der Waals surface area contributed by atoms with Gasteiger partial charge in [-0.2, -0.15) is 0 Å². The molecule has 0 unspecified atom stereocenters. The van der Waals surface area contributed by atoms with Gasteiger partial charge in [0.05, 0.1) is 0 Å². The predicted molar refractivity (Wildman–Crippen MR) is 75.7 cm³/mol. The molecule has 104 valence electrons. The second kappa shape index (κ2) is 5.54. The van der Waals surface area contributed by atoms with Crippen LogP contribution in [-0.4, -0.2) is 20.4 Å². The zero-order chi connectivity index (χ0) is 14.7. The summed E-state index contributed by atoms with van der Waals surface area (Å²) in [6.07, 6.45) is 4.97. The van der Waals surface area contributed by atoms with E-state index in [1.165, 1.54) is 24.3 Å². The molecule has 0 saturated carbocycles. The molecule has 0 bridgehead atoms. The normalized spacial score (nSPS) is 10.3. The van der Waals surface area contributed by atoms with E-state index in [0.717, 1.165) is 0 Å². The van der Waals surface area contributed by atoms with Crippen LogP contribution in [0.15, 0.2) is 61.2 Å². The molecule has 3 rings (SSSR count). The number of halogens is 1. The average molecular weight is 282 g/mol. The summed E-state index contributed by atoms with van der Waals surface area (Å²) in [7, 11) is 0. The number of anilines is 1. The lowest BCUT2D eigenvalue weighted by molar-refractivity contribution is 0.102. The number of hydrogen-bond acceptors (Lipinski definition) is 3. The zero-order valence-electron chi connectivity index (χ0n) is 10.9. The van der Waals surface area contributed by atoms with Crippen molar-refractivity contribution < 1.29 is 9.18 Å². The van der Waals surface area contributed by atoms with Gasteiger partial charge < -0.3 is 5.32 Å². The Balaban J connectivity index is 1.81. The van der Waals surface area contributed by atoms with Gasteiger partial charge in [0, 0.05) is 18.1 Å². The van der Waals surface area contributed by atoms with Crippen LogP contribution in [0.25, 0.3) is 5.82 Å². The van der Waals surface area contributed by atoms with Crippen molar-refractivity contribution in [2.75, 3.05) is 5.32 Å². The summed E-state index contributed by atoms with van der Waals surface area (Å²) in [5.41, 5.74) is 0.779. The van der Waals surface area contributed by atoms with E-state index in [0.29, 0.717) is 11.5 Å². The number of amides is 1. The van der Waals surface area contributed by atoms with Crippen LogP contribution in [0, 0.1) is 5.82 Å². The molecule has 0 aliphatic heterocycles. The lowest BCUT2D eigenvalue weighted by Crippen LogP contribution is -2.14. The molecule has 0 saturated heterocycles. The van der Waals surface area contributed by atoms with Gasteiger partial charge in [-0.3, -0.25) is 9.36 Å². The predicted octanol–water partition coefficient (Wildman–Crippen LogP) is 2.66. The fourth-order valence-electron chi connectivity index (χ4n) is 1.82. The first kappa shape index (κ1) is 13.0. The molecule has 2 aromatic heterocycles. The average Bonchev–Trinajstić information content (AvgIpc) is 3.04. The third kappa shape index (κ3) is 2.94. The van der Waals surface area contributed by atoms with Crippen LogP contribution < -0.4 is 5.32 Å². The van der Waals surface area contributed by atoms with Gasteiger partial charge in [-0.25, -0.2) is 14.4 Å². The molecule has 0 radical (unpaired) electrons. The third-order valence-electron chi connectivity index (χ3n) is 2.84. The third-order valence-corrected chi connectivity index (χ3v) is 2.84. The van der Waals surface area contributed by atoms with Gasteiger partial charge in [0.2, 0.25) is 0 Å². The lowest BCUT2D eigenvalue weighted by Gasteiger charge is -2.06. The van der Waals surface area contributed by atoms with Gasteiger partial charge in [0.15, 0.2) is 0 Å². The van der Waals surface area contributed by atoms with E-state index >= 15 is 0 Å². The number of carbonyl (C=O) groups excluding carboxylic acids is 1. The highest BCUT2D eigenvalue weighted by Gasteiger charge is 2.09. The van der Waals surface area contributed by atoms with Crippen LogP contribution in [0.4, 0.5) is 10.1 Å². The van der Waals surface area contributed by atoms with E-state index in [4.69, 9.17) is 0 Å². The highest BCUT2D eigenvalue weighted by molar-refractivity contribution is 6.02. The fourth-order valence-corrected chi connectivity index (χ4v) is 1.82. The summed E-state index contributed by atoms with van der Waals surface area (Å²) in [4.78, 5) is 20.3. The molecule has 6 heteroatoms. The minimum atomic E-state index is -0.358. The fraction of sp³-hybridized carbons (Fsp3) is 0. The van der Waals surface area contributed by atoms with Crippen molar-refractivity contribution in [1.29, 1.82) is 0 Å². The monoisotopic (exact) mass is 282 g/mol. The number of nitrogens with zero attached hydrogens (tertiary/aromatic N) is 3. The maximum Gasteiger partial charge on any atom is 0.274 e. The molecule has 0 aliphatic rings. The van der Waals surface area contributed by atoms with Gasteiger partial charge in [-0.05, 0) is 36.4 Å². The minimum absolute atomic E-state index is 0.269. The molecule has 21 heavy (non-hydrogen) atoms. The quantitative estimate of drug-likeness (QED) is 0.803. The summed E-state index contributed by atoms with van der Waals surface area (Å²) < 4.78 is 14.5. The smallest absolute Gasteiger partial charge is 0.274 e. The Morgan fingerprint density at radius 1 is 1.14 bits per heavy atom. The van der Waals surface area contributed by atoms with E-state index < -0.39 is 0 Å². The Morgan fingerprint density at radius 2 is 1.95 bits per heavy atom. The van der Waals surface area contributed by atoms with Gasteiger partial charge in [-0.1, -0.05) is 6.07 Å².